The van der Waals surface area contributed by atoms with Crippen LogP contribution in [0.3, 0.4) is 0 Å². The number of carbonyl (C=O) groups is 1. The third kappa shape index (κ3) is 1.53. The van der Waals surface area contributed by atoms with Crippen molar-refractivity contribution in [2.24, 2.45) is 0 Å². The van der Waals surface area contributed by atoms with Crippen molar-refractivity contribution in [1.82, 2.24) is 4.98 Å². The lowest BCUT2D eigenvalue weighted by Crippen LogP contribution is -2.04. The van der Waals surface area contributed by atoms with E-state index in [4.69, 9.17) is 5.11 Å². The number of carbonyl (C=O) groups excluding carboxylic acids is 1. The molecule has 0 unspecified atom stereocenters. The number of nitrogens with zero attached hydrogens (tertiary/aromatic N) is 1. The van der Waals surface area contributed by atoms with Gasteiger partial charge in [-0.15, -0.1) is 0 Å². The maximum absolute atomic E-state index is 11.0. The number of aromatic nitrogens is 1. The zero-order valence-corrected chi connectivity index (χ0v) is 6.87. The summed E-state index contributed by atoms with van der Waals surface area (Å²) in [6.45, 7) is 1.67. The average Bonchev–Trinajstić information content (AvgIpc) is 2.08. The fourth-order valence-electron chi connectivity index (χ4n) is 0.839. The van der Waals surface area contributed by atoms with Crippen LogP contribution in [0.2, 0.25) is 0 Å². The van der Waals surface area contributed by atoms with Crippen molar-refractivity contribution in [1.29, 1.82) is 0 Å². The summed E-state index contributed by atoms with van der Waals surface area (Å²) in [4.78, 5) is 14.8. The second kappa shape index (κ2) is 3.21. The predicted octanol–water partition coefficient (Wildman–Crippen LogP) is 0.882. The molecule has 0 fully saturated rings. The van der Waals surface area contributed by atoms with Crippen LogP contribution in [0.25, 0.3) is 0 Å². The molecule has 0 saturated carbocycles. The number of methoxy groups -OCH3 is 1. The Kier molecular flexibility index (Phi) is 2.28. The lowest BCUT2D eigenvalue weighted by atomic mass is 10.2. The number of hydrogen-bond acceptors (Lipinski definition) is 4. The van der Waals surface area contributed by atoms with Gasteiger partial charge in [-0.2, -0.15) is 0 Å². The number of ether oxygens (including phenoxy) is 1. The number of rotatable bonds is 1. The van der Waals surface area contributed by atoms with E-state index in [1.807, 2.05) is 0 Å². The van der Waals surface area contributed by atoms with Crippen LogP contribution in [-0.2, 0) is 4.74 Å². The molecule has 1 aromatic rings. The second-order valence-electron chi connectivity index (χ2n) is 2.32. The molecule has 12 heavy (non-hydrogen) atoms. The Labute approximate surface area is 69.8 Å². The molecular formula is C8H9NO3. The third-order valence-electron chi connectivity index (χ3n) is 1.48. The van der Waals surface area contributed by atoms with Gasteiger partial charge in [-0.05, 0) is 13.0 Å². The first kappa shape index (κ1) is 8.52. The minimum Gasteiger partial charge on any atom is -0.506 e. The fraction of sp³-hybridized carbons (Fsp3) is 0.250. The fourth-order valence-corrected chi connectivity index (χ4v) is 0.839. The van der Waals surface area contributed by atoms with Gasteiger partial charge < -0.3 is 9.84 Å². The number of aromatic hydroxyl groups is 1. The second-order valence-corrected chi connectivity index (χ2v) is 2.32. The molecule has 0 bridgehead atoms. The molecule has 1 N–H and O–H groups in total. The highest BCUT2D eigenvalue weighted by Gasteiger charge is 2.10. The topological polar surface area (TPSA) is 59.4 Å². The van der Waals surface area contributed by atoms with Gasteiger partial charge in [-0.1, -0.05) is 0 Å². The molecule has 1 rings (SSSR count). The van der Waals surface area contributed by atoms with E-state index in [0.717, 1.165) is 0 Å². The quantitative estimate of drug-likeness (QED) is 0.631. The van der Waals surface area contributed by atoms with Crippen LogP contribution in [0, 0.1) is 6.92 Å². The van der Waals surface area contributed by atoms with E-state index in [9.17, 15) is 4.79 Å². The predicted molar refractivity (Wildman–Crippen MR) is 42.0 cm³/mol. The summed E-state index contributed by atoms with van der Waals surface area (Å²) in [6.07, 6.45) is 1.28. The molecule has 0 spiro atoms. The molecule has 4 nitrogen and oxygen atoms in total. The zero-order valence-electron chi connectivity index (χ0n) is 6.87. The lowest BCUT2D eigenvalue weighted by Gasteiger charge is -2.02. The van der Waals surface area contributed by atoms with Crippen LogP contribution in [0.4, 0.5) is 0 Å². The van der Waals surface area contributed by atoms with Crippen LogP contribution < -0.4 is 0 Å². The summed E-state index contributed by atoms with van der Waals surface area (Å²) in [7, 11) is 1.28. The molecule has 1 aromatic heterocycles. The minimum atomic E-state index is -0.490. The van der Waals surface area contributed by atoms with Crippen LogP contribution in [0.15, 0.2) is 12.3 Å². The maximum atomic E-state index is 11.0. The smallest absolute Gasteiger partial charge is 0.339 e. The molecule has 64 valence electrons. The first-order valence-electron chi connectivity index (χ1n) is 3.39. The number of esters is 1. The van der Waals surface area contributed by atoms with Crippen LogP contribution in [0.5, 0.6) is 5.75 Å². The normalized spacial score (nSPS) is 9.50. The van der Waals surface area contributed by atoms with E-state index >= 15 is 0 Å². The van der Waals surface area contributed by atoms with Crippen molar-refractivity contribution in [3.63, 3.8) is 0 Å². The van der Waals surface area contributed by atoms with Crippen molar-refractivity contribution in [2.45, 2.75) is 6.92 Å². The van der Waals surface area contributed by atoms with Crippen molar-refractivity contribution < 1.29 is 14.6 Å². The molecule has 0 aromatic carbocycles. The summed E-state index contributed by atoms with van der Waals surface area (Å²) in [5, 5.41) is 9.01. The Morgan fingerprint density at radius 3 is 2.92 bits per heavy atom. The molecule has 0 saturated heterocycles. The van der Waals surface area contributed by atoms with Gasteiger partial charge in [0.1, 0.15) is 5.75 Å². The molecular weight excluding hydrogens is 158 g/mol. The van der Waals surface area contributed by atoms with E-state index in [2.05, 4.69) is 9.72 Å². The number of aryl methyl sites for hydroxylation is 1. The molecule has 0 aliphatic heterocycles. The Hall–Kier alpha value is -1.58. The van der Waals surface area contributed by atoms with E-state index in [0.29, 0.717) is 5.69 Å². The van der Waals surface area contributed by atoms with Crippen molar-refractivity contribution in [3.05, 3.63) is 23.5 Å². The van der Waals surface area contributed by atoms with E-state index in [1.165, 1.54) is 19.4 Å². The highest BCUT2D eigenvalue weighted by molar-refractivity contribution is 5.90. The first-order valence-corrected chi connectivity index (χ1v) is 3.39. The van der Waals surface area contributed by atoms with Gasteiger partial charge in [-0.3, -0.25) is 4.98 Å². The molecule has 0 aliphatic carbocycles. The van der Waals surface area contributed by atoms with Gasteiger partial charge in [0, 0.05) is 0 Å². The Morgan fingerprint density at radius 2 is 2.33 bits per heavy atom. The van der Waals surface area contributed by atoms with Gasteiger partial charge in [0.2, 0.25) is 0 Å². The Morgan fingerprint density at radius 1 is 1.67 bits per heavy atom. The summed E-state index contributed by atoms with van der Waals surface area (Å²) in [6, 6.07) is 1.33. The highest BCUT2D eigenvalue weighted by Crippen LogP contribution is 2.13. The van der Waals surface area contributed by atoms with Gasteiger partial charge in [0.25, 0.3) is 0 Å². The molecule has 1 heterocycles. The molecule has 0 atom stereocenters. The average molecular weight is 167 g/mol. The maximum Gasteiger partial charge on any atom is 0.339 e. The number of hydrogen-bond donors (Lipinski definition) is 1. The van der Waals surface area contributed by atoms with E-state index in [1.54, 1.807) is 6.92 Å². The lowest BCUT2D eigenvalue weighted by molar-refractivity contribution is 0.0599. The molecule has 0 radical (unpaired) electrons. The van der Waals surface area contributed by atoms with E-state index < -0.39 is 5.97 Å². The van der Waals surface area contributed by atoms with Crippen molar-refractivity contribution in [3.8, 4) is 5.75 Å². The van der Waals surface area contributed by atoms with Gasteiger partial charge in [0.05, 0.1) is 24.6 Å². The summed E-state index contributed by atoms with van der Waals surface area (Å²) >= 11 is 0. The van der Waals surface area contributed by atoms with Gasteiger partial charge in [-0.25, -0.2) is 4.79 Å². The summed E-state index contributed by atoms with van der Waals surface area (Å²) in [5.74, 6) is -0.531. The summed E-state index contributed by atoms with van der Waals surface area (Å²) < 4.78 is 4.48. The third-order valence-corrected chi connectivity index (χ3v) is 1.48. The molecule has 4 heteroatoms. The van der Waals surface area contributed by atoms with Crippen molar-refractivity contribution >= 4 is 5.97 Å². The number of pyridine rings is 1. The highest BCUT2D eigenvalue weighted by atomic mass is 16.5. The Balaban J connectivity index is 3.13. The molecule has 0 amide bonds. The SMILES string of the molecule is COC(=O)c1cc(O)cnc1C. The monoisotopic (exact) mass is 167 g/mol. The van der Waals surface area contributed by atoms with E-state index in [-0.39, 0.29) is 11.3 Å². The summed E-state index contributed by atoms with van der Waals surface area (Å²) in [5.41, 5.74) is 0.831. The van der Waals surface area contributed by atoms with Gasteiger partial charge >= 0.3 is 5.97 Å². The zero-order chi connectivity index (χ0) is 9.14. The first-order chi connectivity index (χ1) is 5.65. The molecule has 0 aliphatic rings. The van der Waals surface area contributed by atoms with Crippen LogP contribution in [0.1, 0.15) is 16.1 Å². The Bertz CT molecular complexity index is 309. The largest absolute Gasteiger partial charge is 0.506 e. The van der Waals surface area contributed by atoms with Crippen molar-refractivity contribution in [2.75, 3.05) is 7.11 Å². The van der Waals surface area contributed by atoms with Crippen LogP contribution in [-0.4, -0.2) is 23.2 Å². The van der Waals surface area contributed by atoms with Crippen LogP contribution >= 0.6 is 0 Å². The minimum absolute atomic E-state index is 0.0407. The van der Waals surface area contributed by atoms with Gasteiger partial charge in [0.15, 0.2) is 0 Å². The standard InChI is InChI=1S/C8H9NO3/c1-5-7(8(11)12-2)3-6(10)4-9-5/h3-4,10H,1-2H3.